The summed E-state index contributed by atoms with van der Waals surface area (Å²) in [4.78, 5) is 13.4. The largest absolute Gasteiger partial charge is 0.427 e. The van der Waals surface area contributed by atoms with E-state index in [9.17, 15) is 4.79 Å². The Morgan fingerprint density at radius 2 is 2.00 bits per heavy atom. The van der Waals surface area contributed by atoms with Crippen molar-refractivity contribution in [3.05, 3.63) is 29.2 Å². The molecule has 4 heteroatoms. The van der Waals surface area contributed by atoms with Gasteiger partial charge in [-0.1, -0.05) is 0 Å². The molecule has 12 heavy (non-hydrogen) atoms. The molecule has 0 spiro atoms. The highest BCUT2D eigenvalue weighted by atomic mass is 16.5. The molecule has 1 aromatic carbocycles. The van der Waals surface area contributed by atoms with Gasteiger partial charge >= 0.3 is 11.7 Å². The Balaban J connectivity index is 2.80. The van der Waals surface area contributed by atoms with Crippen LogP contribution in [-0.4, -0.2) is 5.97 Å². The first kappa shape index (κ1) is 8.21. The summed E-state index contributed by atoms with van der Waals surface area (Å²) in [6.45, 7) is 1.32. The molecule has 0 atom stereocenters. The predicted octanol–water partition coefficient (Wildman–Crippen LogP) is 2.10. The van der Waals surface area contributed by atoms with Crippen LogP contribution in [0, 0.1) is 5.39 Å². The molecule has 1 rings (SSSR count). The molecule has 0 aromatic heterocycles. The minimum Gasteiger partial charge on any atom is -0.427 e. The lowest BCUT2D eigenvalue weighted by atomic mass is 10.3. The summed E-state index contributed by atoms with van der Waals surface area (Å²) < 4.78 is 4.75. The summed E-state index contributed by atoms with van der Waals surface area (Å²) in [6.07, 6.45) is 0. The van der Waals surface area contributed by atoms with E-state index in [2.05, 4.69) is 4.98 Å². The molecule has 0 aliphatic rings. The van der Waals surface area contributed by atoms with Crippen LogP contribution in [0.5, 0.6) is 5.75 Å². The molecule has 0 heterocycles. The highest BCUT2D eigenvalue weighted by molar-refractivity contribution is 5.69. The molecule has 0 aliphatic carbocycles. The van der Waals surface area contributed by atoms with Crippen LogP contribution in [0.2, 0.25) is 0 Å². The molecule has 4 nitrogen and oxygen atoms in total. The fourth-order valence-corrected chi connectivity index (χ4v) is 0.747. The quantitative estimate of drug-likeness (QED) is 0.362. The predicted molar refractivity (Wildman–Crippen MR) is 42.5 cm³/mol. The Morgan fingerprint density at radius 3 is 2.42 bits per heavy atom. The number of carbonyl (C=O) groups is 1. The van der Waals surface area contributed by atoms with E-state index in [1.165, 1.54) is 19.1 Å². The maximum absolute atomic E-state index is 10.5. The molecule has 0 bridgehead atoms. The first-order chi connectivity index (χ1) is 5.72. The number of hydrogen-bond donors (Lipinski definition) is 0. The van der Waals surface area contributed by atoms with Crippen molar-refractivity contribution in [1.82, 2.24) is 0 Å². The van der Waals surface area contributed by atoms with Gasteiger partial charge in [-0.3, -0.25) is 4.79 Å². The third kappa shape index (κ3) is 2.06. The lowest BCUT2D eigenvalue weighted by molar-refractivity contribution is -0.131. The molecule has 0 aliphatic heterocycles. The van der Waals surface area contributed by atoms with Gasteiger partial charge in [-0.05, 0) is 12.1 Å². The van der Waals surface area contributed by atoms with Crippen molar-refractivity contribution in [3.63, 3.8) is 0 Å². The minimum absolute atomic E-state index is 0.372. The van der Waals surface area contributed by atoms with E-state index in [1.54, 1.807) is 12.1 Å². The Morgan fingerprint density at radius 1 is 1.42 bits per heavy atom. The monoisotopic (exact) mass is 163 g/mol. The second kappa shape index (κ2) is 3.49. The number of carbonyl (C=O) groups excluding carboxylic acids is 1. The first-order valence-corrected chi connectivity index (χ1v) is 3.36. The van der Waals surface area contributed by atoms with Crippen LogP contribution in [0.25, 0.3) is 4.98 Å². The number of hydrogen-bond acceptors (Lipinski definition) is 3. The second-order valence-electron chi connectivity index (χ2n) is 2.19. The van der Waals surface area contributed by atoms with E-state index >= 15 is 0 Å². The Kier molecular flexibility index (Phi) is 2.38. The smallest absolute Gasteiger partial charge is 0.385 e. The average Bonchev–Trinajstić information content (AvgIpc) is 2.05. The zero-order valence-electron chi connectivity index (χ0n) is 6.52. The number of benzene rings is 1. The van der Waals surface area contributed by atoms with Gasteiger partial charge in [0.15, 0.2) is 4.98 Å². The lowest BCUT2D eigenvalue weighted by Crippen LogP contribution is -2.00. The standard InChI is InChI=1S/C8H7N2O2/c1-6(11)12-8-4-2-7(10-9)3-5-8/h2-5H,1H3/q+1. The van der Waals surface area contributed by atoms with Crippen molar-refractivity contribution in [2.45, 2.75) is 6.92 Å². The van der Waals surface area contributed by atoms with Gasteiger partial charge in [0, 0.05) is 19.1 Å². The first-order valence-electron chi connectivity index (χ1n) is 3.36. The molecule has 0 radical (unpaired) electrons. The number of esters is 1. The van der Waals surface area contributed by atoms with Crippen LogP contribution in [0.15, 0.2) is 24.3 Å². The SMILES string of the molecule is CC(=O)Oc1ccc([N+]#N)cc1. The molecule has 0 N–H and O–H groups in total. The highest BCUT2D eigenvalue weighted by Gasteiger charge is 2.03. The zero-order chi connectivity index (χ0) is 8.97. The van der Waals surface area contributed by atoms with Crippen LogP contribution in [0.3, 0.4) is 0 Å². The van der Waals surface area contributed by atoms with E-state index in [-0.39, 0.29) is 5.97 Å². The van der Waals surface area contributed by atoms with E-state index < -0.39 is 0 Å². The van der Waals surface area contributed by atoms with Gasteiger partial charge in [-0.2, -0.15) is 0 Å². The summed E-state index contributed by atoms with van der Waals surface area (Å²) in [6, 6.07) is 6.18. The van der Waals surface area contributed by atoms with Crippen molar-refractivity contribution in [2.24, 2.45) is 0 Å². The lowest BCUT2D eigenvalue weighted by Gasteiger charge is -1.96. The molecule has 60 valence electrons. The van der Waals surface area contributed by atoms with Gasteiger partial charge in [0.1, 0.15) is 5.75 Å². The molecule has 0 saturated carbocycles. The van der Waals surface area contributed by atoms with Gasteiger partial charge in [0.25, 0.3) is 0 Å². The van der Waals surface area contributed by atoms with Gasteiger partial charge < -0.3 is 4.74 Å². The van der Waals surface area contributed by atoms with Crippen molar-refractivity contribution in [2.75, 3.05) is 0 Å². The number of diazo groups is 1. The maximum Gasteiger partial charge on any atom is 0.385 e. The van der Waals surface area contributed by atoms with E-state index in [0.717, 1.165) is 0 Å². The van der Waals surface area contributed by atoms with Crippen molar-refractivity contribution in [3.8, 4) is 5.75 Å². The number of nitrogens with zero attached hydrogens (tertiary/aromatic N) is 2. The van der Waals surface area contributed by atoms with E-state index in [4.69, 9.17) is 10.1 Å². The second-order valence-corrected chi connectivity index (χ2v) is 2.19. The van der Waals surface area contributed by atoms with Crippen molar-refractivity contribution >= 4 is 11.7 Å². The van der Waals surface area contributed by atoms with Crippen LogP contribution >= 0.6 is 0 Å². The molecular formula is C8H7N2O2+. The normalized spacial score (nSPS) is 8.67. The molecule has 0 unspecified atom stereocenters. The van der Waals surface area contributed by atoms with Gasteiger partial charge in [0.2, 0.25) is 5.39 Å². The van der Waals surface area contributed by atoms with Crippen molar-refractivity contribution < 1.29 is 9.53 Å². The molecule has 1 aromatic rings. The third-order valence-electron chi connectivity index (χ3n) is 1.21. The van der Waals surface area contributed by atoms with Crippen LogP contribution in [-0.2, 0) is 4.79 Å². The summed E-state index contributed by atoms with van der Waals surface area (Å²) in [5.74, 6) is 0.0681. The van der Waals surface area contributed by atoms with Crippen molar-refractivity contribution in [1.29, 1.82) is 5.39 Å². The summed E-state index contributed by atoms with van der Waals surface area (Å²) in [7, 11) is 0. The number of rotatable bonds is 1. The fourth-order valence-electron chi connectivity index (χ4n) is 0.747. The summed E-state index contributed by atoms with van der Waals surface area (Å²) >= 11 is 0. The van der Waals surface area contributed by atoms with Crippen LogP contribution in [0.4, 0.5) is 5.69 Å². The van der Waals surface area contributed by atoms with Gasteiger partial charge in [-0.15, -0.1) is 0 Å². The van der Waals surface area contributed by atoms with E-state index in [1.807, 2.05) is 0 Å². The van der Waals surface area contributed by atoms with Gasteiger partial charge in [0.05, 0.1) is 0 Å². The molecule has 0 saturated heterocycles. The van der Waals surface area contributed by atoms with Crippen LogP contribution in [0.1, 0.15) is 6.92 Å². The zero-order valence-corrected chi connectivity index (χ0v) is 6.52. The Bertz CT molecular complexity index is 324. The molecule has 0 amide bonds. The Labute approximate surface area is 69.4 Å². The topological polar surface area (TPSA) is 54.5 Å². The number of ether oxygens (including phenoxy) is 1. The highest BCUT2D eigenvalue weighted by Crippen LogP contribution is 2.17. The third-order valence-corrected chi connectivity index (χ3v) is 1.21. The fraction of sp³-hybridized carbons (Fsp3) is 0.125. The maximum atomic E-state index is 10.5. The minimum atomic E-state index is -0.372. The van der Waals surface area contributed by atoms with Gasteiger partial charge in [-0.25, -0.2) is 0 Å². The summed E-state index contributed by atoms with van der Waals surface area (Å²) in [5.41, 5.74) is 0.422. The average molecular weight is 163 g/mol. The van der Waals surface area contributed by atoms with E-state index in [0.29, 0.717) is 11.4 Å². The molecular weight excluding hydrogens is 156 g/mol. The Hall–Kier alpha value is -1.89. The summed E-state index contributed by atoms with van der Waals surface area (Å²) in [5, 5.41) is 8.33. The molecule has 0 fully saturated rings. The van der Waals surface area contributed by atoms with Crippen LogP contribution < -0.4 is 4.74 Å².